The Balaban J connectivity index is 1.46. The molecule has 4 heteroatoms. The maximum atomic E-state index is 12.2. The molecule has 0 bridgehead atoms. The maximum absolute atomic E-state index is 12.2. The number of ether oxygens (including phenoxy) is 1. The third-order valence-corrected chi connectivity index (χ3v) is 4.78. The molecule has 1 heterocycles. The molecule has 3 N–H and O–H groups in total. The molecule has 1 aromatic carbocycles. The number of rotatable bonds is 4. The fraction of sp³-hybridized carbons (Fsp3) is 0.588. The summed E-state index contributed by atoms with van der Waals surface area (Å²) >= 11 is 0. The fourth-order valence-corrected chi connectivity index (χ4v) is 3.45. The van der Waals surface area contributed by atoms with Crippen molar-refractivity contribution in [1.82, 2.24) is 5.32 Å². The number of amides is 1. The quantitative estimate of drug-likeness (QED) is 0.877. The number of carbonyl (C=O) groups excluding carboxylic acids is 1. The lowest BCUT2D eigenvalue weighted by atomic mass is 9.91. The molecular weight excluding hydrogens is 264 g/mol. The zero-order valence-electron chi connectivity index (χ0n) is 12.4. The van der Waals surface area contributed by atoms with Crippen molar-refractivity contribution < 1.29 is 9.53 Å². The fourth-order valence-electron chi connectivity index (χ4n) is 3.45. The topological polar surface area (TPSA) is 64.4 Å². The molecule has 0 aromatic heterocycles. The molecule has 1 aliphatic carbocycles. The van der Waals surface area contributed by atoms with Crippen molar-refractivity contribution in [3.63, 3.8) is 0 Å². The van der Waals surface area contributed by atoms with Crippen molar-refractivity contribution in [3.05, 3.63) is 35.4 Å². The van der Waals surface area contributed by atoms with Crippen molar-refractivity contribution in [1.29, 1.82) is 0 Å². The van der Waals surface area contributed by atoms with E-state index in [1.807, 2.05) is 0 Å². The first-order valence-corrected chi connectivity index (χ1v) is 7.92. The summed E-state index contributed by atoms with van der Waals surface area (Å²) in [6, 6.07) is 8.15. The van der Waals surface area contributed by atoms with Gasteiger partial charge in [0.1, 0.15) is 0 Å². The Morgan fingerprint density at radius 3 is 2.48 bits per heavy atom. The molecule has 1 unspecified atom stereocenters. The zero-order chi connectivity index (χ0) is 14.7. The standard InChI is InChI=1S/C17H24N2O2/c18-16(13-5-7-21-8-6-13)17(20)19-11-12-9-14-3-1-2-4-15(14)10-12/h1-4,12-13,16H,5-11,18H2,(H,19,20). The molecule has 1 fully saturated rings. The van der Waals surface area contributed by atoms with Crippen LogP contribution >= 0.6 is 0 Å². The van der Waals surface area contributed by atoms with E-state index in [4.69, 9.17) is 10.5 Å². The van der Waals surface area contributed by atoms with Crippen LogP contribution in [0.25, 0.3) is 0 Å². The molecular formula is C17H24N2O2. The van der Waals surface area contributed by atoms with Crippen molar-refractivity contribution in [2.24, 2.45) is 17.6 Å². The van der Waals surface area contributed by atoms with Gasteiger partial charge in [-0.1, -0.05) is 24.3 Å². The molecule has 4 nitrogen and oxygen atoms in total. The summed E-state index contributed by atoms with van der Waals surface area (Å²) in [4.78, 5) is 12.2. The SMILES string of the molecule is NC(C(=O)NCC1Cc2ccccc2C1)C1CCOCC1. The third-order valence-electron chi connectivity index (χ3n) is 4.78. The van der Waals surface area contributed by atoms with Crippen LogP contribution in [0.2, 0.25) is 0 Å². The van der Waals surface area contributed by atoms with Gasteiger partial charge in [0.15, 0.2) is 0 Å². The van der Waals surface area contributed by atoms with Gasteiger partial charge in [-0.05, 0) is 48.6 Å². The molecule has 0 radical (unpaired) electrons. The lowest BCUT2D eigenvalue weighted by Gasteiger charge is -2.27. The number of hydrogen-bond donors (Lipinski definition) is 2. The summed E-state index contributed by atoms with van der Waals surface area (Å²) in [6.07, 6.45) is 3.90. The molecule has 2 aliphatic rings. The summed E-state index contributed by atoms with van der Waals surface area (Å²) in [7, 11) is 0. The Morgan fingerprint density at radius 1 is 1.24 bits per heavy atom. The molecule has 1 aliphatic heterocycles. The Morgan fingerprint density at radius 2 is 1.86 bits per heavy atom. The Hall–Kier alpha value is -1.39. The van der Waals surface area contributed by atoms with E-state index in [1.165, 1.54) is 11.1 Å². The normalized spacial score (nSPS) is 21.0. The van der Waals surface area contributed by atoms with Crippen molar-refractivity contribution in [3.8, 4) is 0 Å². The summed E-state index contributed by atoms with van der Waals surface area (Å²) in [5, 5.41) is 3.05. The highest BCUT2D eigenvalue weighted by Crippen LogP contribution is 2.26. The first-order chi connectivity index (χ1) is 10.2. The van der Waals surface area contributed by atoms with E-state index in [2.05, 4.69) is 29.6 Å². The van der Waals surface area contributed by atoms with E-state index in [0.717, 1.165) is 45.4 Å². The summed E-state index contributed by atoms with van der Waals surface area (Å²) in [5.41, 5.74) is 8.94. The molecule has 1 amide bonds. The van der Waals surface area contributed by atoms with Crippen LogP contribution in [-0.2, 0) is 22.4 Å². The van der Waals surface area contributed by atoms with Crippen LogP contribution in [-0.4, -0.2) is 31.7 Å². The number of benzene rings is 1. The highest BCUT2D eigenvalue weighted by molar-refractivity contribution is 5.81. The minimum Gasteiger partial charge on any atom is -0.381 e. The van der Waals surface area contributed by atoms with Gasteiger partial charge in [0.2, 0.25) is 5.91 Å². The second-order valence-corrected chi connectivity index (χ2v) is 6.26. The molecule has 21 heavy (non-hydrogen) atoms. The molecule has 1 aromatic rings. The highest BCUT2D eigenvalue weighted by atomic mass is 16.5. The van der Waals surface area contributed by atoms with Gasteiger partial charge in [0.05, 0.1) is 6.04 Å². The van der Waals surface area contributed by atoms with Crippen LogP contribution in [0.3, 0.4) is 0 Å². The minimum absolute atomic E-state index is 0.00199. The largest absolute Gasteiger partial charge is 0.381 e. The van der Waals surface area contributed by atoms with Crippen molar-refractivity contribution in [2.45, 2.75) is 31.7 Å². The average molecular weight is 288 g/mol. The second-order valence-electron chi connectivity index (χ2n) is 6.26. The van der Waals surface area contributed by atoms with Crippen LogP contribution in [0.15, 0.2) is 24.3 Å². The molecule has 1 saturated heterocycles. The molecule has 1 atom stereocenters. The van der Waals surface area contributed by atoms with Gasteiger partial charge in [0, 0.05) is 19.8 Å². The summed E-state index contributed by atoms with van der Waals surface area (Å²) in [5.74, 6) is 0.769. The minimum atomic E-state index is -0.391. The van der Waals surface area contributed by atoms with E-state index in [-0.39, 0.29) is 11.8 Å². The monoisotopic (exact) mass is 288 g/mol. The predicted octanol–water partition coefficient (Wildman–Crippen LogP) is 1.27. The van der Waals surface area contributed by atoms with Gasteiger partial charge < -0.3 is 15.8 Å². The van der Waals surface area contributed by atoms with Crippen LogP contribution < -0.4 is 11.1 Å². The number of carbonyl (C=O) groups is 1. The van der Waals surface area contributed by atoms with Gasteiger partial charge in [-0.2, -0.15) is 0 Å². The van der Waals surface area contributed by atoms with E-state index in [9.17, 15) is 4.79 Å². The number of fused-ring (bicyclic) bond motifs is 1. The van der Waals surface area contributed by atoms with E-state index in [0.29, 0.717) is 5.92 Å². The van der Waals surface area contributed by atoms with Crippen LogP contribution in [0.4, 0.5) is 0 Å². The van der Waals surface area contributed by atoms with Crippen LogP contribution in [0.1, 0.15) is 24.0 Å². The maximum Gasteiger partial charge on any atom is 0.237 e. The Labute approximate surface area is 126 Å². The Bertz CT molecular complexity index is 472. The zero-order valence-corrected chi connectivity index (χ0v) is 12.4. The van der Waals surface area contributed by atoms with Gasteiger partial charge in [-0.25, -0.2) is 0 Å². The average Bonchev–Trinajstić information content (AvgIpc) is 2.95. The van der Waals surface area contributed by atoms with E-state index in [1.54, 1.807) is 0 Å². The number of nitrogens with one attached hydrogen (secondary N) is 1. The number of nitrogens with two attached hydrogens (primary N) is 1. The lowest BCUT2D eigenvalue weighted by Crippen LogP contribution is -2.48. The van der Waals surface area contributed by atoms with Crippen LogP contribution in [0, 0.1) is 11.8 Å². The van der Waals surface area contributed by atoms with Crippen molar-refractivity contribution >= 4 is 5.91 Å². The summed E-state index contributed by atoms with van der Waals surface area (Å²) < 4.78 is 5.32. The van der Waals surface area contributed by atoms with Gasteiger partial charge >= 0.3 is 0 Å². The number of hydrogen-bond acceptors (Lipinski definition) is 3. The van der Waals surface area contributed by atoms with E-state index >= 15 is 0 Å². The first-order valence-electron chi connectivity index (χ1n) is 7.92. The van der Waals surface area contributed by atoms with Gasteiger partial charge in [0.25, 0.3) is 0 Å². The third kappa shape index (κ3) is 3.44. The molecule has 114 valence electrons. The van der Waals surface area contributed by atoms with Crippen LogP contribution in [0.5, 0.6) is 0 Å². The lowest BCUT2D eigenvalue weighted by molar-refractivity contribution is -0.124. The van der Waals surface area contributed by atoms with Crippen molar-refractivity contribution in [2.75, 3.05) is 19.8 Å². The van der Waals surface area contributed by atoms with E-state index < -0.39 is 6.04 Å². The highest BCUT2D eigenvalue weighted by Gasteiger charge is 2.27. The van der Waals surface area contributed by atoms with Gasteiger partial charge in [-0.15, -0.1) is 0 Å². The smallest absolute Gasteiger partial charge is 0.237 e. The summed E-state index contributed by atoms with van der Waals surface area (Å²) in [6.45, 7) is 2.18. The Kier molecular flexibility index (Phi) is 4.56. The second kappa shape index (κ2) is 6.58. The van der Waals surface area contributed by atoms with Gasteiger partial charge in [-0.3, -0.25) is 4.79 Å². The molecule has 0 spiro atoms. The molecule has 3 rings (SSSR count). The first kappa shape index (κ1) is 14.5. The molecule has 0 saturated carbocycles. The predicted molar refractivity (Wildman–Crippen MR) is 81.9 cm³/mol.